The first-order valence-electron chi connectivity index (χ1n) is 9.20. The number of nitrogens with zero attached hydrogens (tertiary/aromatic N) is 2. The standard InChI is InChI=1S/C24H16N2O3/c1-29-17-13-11-15(12-14-17)21-20-22(26(25-21)16-7-3-2-4-8-16)24(28)19-10-6-5-9-18(19)23(20)27/h2-14H,1H3. The molecule has 0 amide bonds. The zero-order valence-corrected chi connectivity index (χ0v) is 15.6. The van der Waals surface area contributed by atoms with Gasteiger partial charge in [-0.25, -0.2) is 4.68 Å². The summed E-state index contributed by atoms with van der Waals surface area (Å²) in [4.78, 5) is 26.7. The minimum Gasteiger partial charge on any atom is -0.497 e. The van der Waals surface area contributed by atoms with E-state index in [0.717, 1.165) is 11.3 Å². The molecule has 0 spiro atoms. The maximum atomic E-state index is 13.4. The van der Waals surface area contributed by atoms with Gasteiger partial charge < -0.3 is 4.74 Å². The van der Waals surface area contributed by atoms with Crippen LogP contribution in [-0.2, 0) is 0 Å². The van der Waals surface area contributed by atoms with Crippen LogP contribution >= 0.6 is 0 Å². The van der Waals surface area contributed by atoms with Crippen molar-refractivity contribution in [1.29, 1.82) is 0 Å². The summed E-state index contributed by atoms with van der Waals surface area (Å²) >= 11 is 0. The summed E-state index contributed by atoms with van der Waals surface area (Å²) in [5.41, 5.74) is 3.41. The Morgan fingerprint density at radius 2 is 1.38 bits per heavy atom. The normalized spacial score (nSPS) is 12.4. The number of hydrogen-bond donors (Lipinski definition) is 0. The number of benzene rings is 3. The number of aromatic nitrogens is 2. The molecular weight excluding hydrogens is 364 g/mol. The van der Waals surface area contributed by atoms with Gasteiger partial charge in [0.2, 0.25) is 5.78 Å². The second kappa shape index (κ2) is 6.56. The van der Waals surface area contributed by atoms with E-state index in [9.17, 15) is 9.59 Å². The highest BCUT2D eigenvalue weighted by atomic mass is 16.5. The maximum Gasteiger partial charge on any atom is 0.213 e. The van der Waals surface area contributed by atoms with Crippen LogP contribution in [0.2, 0.25) is 0 Å². The van der Waals surface area contributed by atoms with Gasteiger partial charge in [-0.1, -0.05) is 42.5 Å². The van der Waals surface area contributed by atoms with E-state index in [1.54, 1.807) is 36.1 Å². The predicted octanol–water partition coefficient (Wildman–Crippen LogP) is 4.32. The van der Waals surface area contributed by atoms with Crippen molar-refractivity contribution in [2.24, 2.45) is 0 Å². The Balaban J connectivity index is 1.80. The van der Waals surface area contributed by atoms with E-state index in [0.29, 0.717) is 33.8 Å². The van der Waals surface area contributed by atoms with Crippen molar-refractivity contribution in [3.63, 3.8) is 0 Å². The van der Waals surface area contributed by atoms with Crippen LogP contribution in [0.3, 0.4) is 0 Å². The molecule has 1 aliphatic carbocycles. The monoisotopic (exact) mass is 380 g/mol. The Kier molecular flexibility index (Phi) is 3.88. The molecule has 0 bridgehead atoms. The lowest BCUT2D eigenvalue weighted by Crippen LogP contribution is -2.22. The Morgan fingerprint density at radius 3 is 2.03 bits per heavy atom. The van der Waals surface area contributed by atoms with Gasteiger partial charge >= 0.3 is 0 Å². The number of fused-ring (bicyclic) bond motifs is 2. The van der Waals surface area contributed by atoms with Crippen LogP contribution in [0.25, 0.3) is 16.9 Å². The number of para-hydroxylation sites is 1. The van der Waals surface area contributed by atoms with Crippen molar-refractivity contribution in [2.45, 2.75) is 0 Å². The molecular formula is C24H16N2O3. The van der Waals surface area contributed by atoms with Crippen molar-refractivity contribution in [3.05, 3.63) is 101 Å². The van der Waals surface area contributed by atoms with Gasteiger partial charge in [-0.05, 0) is 36.4 Å². The largest absolute Gasteiger partial charge is 0.497 e. The van der Waals surface area contributed by atoms with E-state index in [2.05, 4.69) is 0 Å². The van der Waals surface area contributed by atoms with Crippen LogP contribution in [0.1, 0.15) is 32.0 Å². The third-order valence-electron chi connectivity index (χ3n) is 5.11. The number of methoxy groups -OCH3 is 1. The van der Waals surface area contributed by atoms with E-state index in [-0.39, 0.29) is 11.6 Å². The third-order valence-corrected chi connectivity index (χ3v) is 5.11. The van der Waals surface area contributed by atoms with Crippen molar-refractivity contribution in [2.75, 3.05) is 7.11 Å². The highest BCUT2D eigenvalue weighted by Gasteiger charge is 2.37. The van der Waals surface area contributed by atoms with Crippen LogP contribution in [0.5, 0.6) is 5.75 Å². The third kappa shape index (κ3) is 2.59. The molecule has 0 saturated heterocycles. The number of rotatable bonds is 3. The van der Waals surface area contributed by atoms with E-state index in [1.165, 1.54) is 0 Å². The first kappa shape index (κ1) is 17.1. The van der Waals surface area contributed by atoms with Gasteiger partial charge in [0.1, 0.15) is 17.1 Å². The topological polar surface area (TPSA) is 61.2 Å². The fourth-order valence-corrected chi connectivity index (χ4v) is 3.69. The molecule has 0 radical (unpaired) electrons. The molecule has 0 saturated carbocycles. The second-order valence-corrected chi connectivity index (χ2v) is 6.75. The molecule has 0 fully saturated rings. The van der Waals surface area contributed by atoms with Crippen LogP contribution in [-0.4, -0.2) is 28.5 Å². The minimum absolute atomic E-state index is 0.191. The number of carbonyl (C=O) groups is 2. The maximum absolute atomic E-state index is 13.4. The van der Waals surface area contributed by atoms with Gasteiger partial charge in [0.15, 0.2) is 5.78 Å². The first-order chi connectivity index (χ1) is 14.2. The average Bonchev–Trinajstić information content (AvgIpc) is 3.19. The zero-order valence-electron chi connectivity index (χ0n) is 15.6. The molecule has 5 heteroatoms. The SMILES string of the molecule is COc1ccc(-c2nn(-c3ccccc3)c3c2C(=O)c2ccccc2C3=O)cc1. The Morgan fingerprint density at radius 1 is 0.759 bits per heavy atom. The molecule has 5 nitrogen and oxygen atoms in total. The van der Waals surface area contributed by atoms with E-state index in [4.69, 9.17) is 9.84 Å². The highest BCUT2D eigenvalue weighted by Crippen LogP contribution is 2.36. The average molecular weight is 380 g/mol. The van der Waals surface area contributed by atoms with Gasteiger partial charge in [-0.15, -0.1) is 0 Å². The van der Waals surface area contributed by atoms with Gasteiger partial charge in [0.05, 0.1) is 18.4 Å². The van der Waals surface area contributed by atoms with Crippen LogP contribution in [0, 0.1) is 0 Å². The molecule has 1 aliphatic rings. The van der Waals surface area contributed by atoms with Crippen molar-refractivity contribution in [3.8, 4) is 22.7 Å². The fraction of sp³-hybridized carbons (Fsp3) is 0.0417. The second-order valence-electron chi connectivity index (χ2n) is 6.75. The summed E-state index contributed by atoms with van der Waals surface area (Å²) in [5, 5.41) is 4.71. The van der Waals surface area contributed by atoms with Gasteiger partial charge in [0.25, 0.3) is 0 Å². The quantitative estimate of drug-likeness (QED) is 0.468. The lowest BCUT2D eigenvalue weighted by molar-refractivity contribution is 0.0975. The summed E-state index contributed by atoms with van der Waals surface area (Å²) < 4.78 is 6.80. The van der Waals surface area contributed by atoms with E-state index in [1.807, 2.05) is 54.6 Å². The molecule has 140 valence electrons. The minimum atomic E-state index is -0.202. The highest BCUT2D eigenvalue weighted by molar-refractivity contribution is 6.29. The van der Waals surface area contributed by atoms with Crippen LogP contribution < -0.4 is 4.74 Å². The number of ether oxygens (including phenoxy) is 1. The fourth-order valence-electron chi connectivity index (χ4n) is 3.69. The van der Waals surface area contributed by atoms with Gasteiger partial charge in [0, 0.05) is 16.7 Å². The lowest BCUT2D eigenvalue weighted by atomic mass is 9.85. The molecule has 0 N–H and O–H groups in total. The molecule has 1 aromatic heterocycles. The molecule has 5 rings (SSSR count). The number of hydrogen-bond acceptors (Lipinski definition) is 4. The first-order valence-corrected chi connectivity index (χ1v) is 9.20. The Hall–Kier alpha value is -3.99. The molecule has 4 aromatic rings. The lowest BCUT2D eigenvalue weighted by Gasteiger charge is -2.16. The zero-order chi connectivity index (χ0) is 20.0. The smallest absolute Gasteiger partial charge is 0.213 e. The Bertz CT molecular complexity index is 1260. The van der Waals surface area contributed by atoms with Crippen molar-refractivity contribution in [1.82, 2.24) is 9.78 Å². The molecule has 0 aliphatic heterocycles. The summed E-state index contributed by atoms with van der Waals surface area (Å²) in [6.45, 7) is 0. The molecule has 0 unspecified atom stereocenters. The molecule has 0 atom stereocenters. The van der Waals surface area contributed by atoms with Gasteiger partial charge in [-0.2, -0.15) is 5.10 Å². The van der Waals surface area contributed by atoms with Crippen LogP contribution in [0.4, 0.5) is 0 Å². The molecule has 1 heterocycles. The van der Waals surface area contributed by atoms with E-state index < -0.39 is 0 Å². The van der Waals surface area contributed by atoms with Crippen LogP contribution in [0.15, 0.2) is 78.9 Å². The molecule has 29 heavy (non-hydrogen) atoms. The summed E-state index contributed by atoms with van der Waals surface area (Å²) in [5.74, 6) is 0.312. The van der Waals surface area contributed by atoms with Crippen molar-refractivity contribution >= 4 is 11.6 Å². The van der Waals surface area contributed by atoms with E-state index >= 15 is 0 Å². The Labute approximate surface area is 167 Å². The predicted molar refractivity (Wildman–Crippen MR) is 109 cm³/mol. The van der Waals surface area contributed by atoms with Gasteiger partial charge in [-0.3, -0.25) is 9.59 Å². The van der Waals surface area contributed by atoms with Crippen molar-refractivity contribution < 1.29 is 14.3 Å². The number of ketones is 2. The summed E-state index contributed by atoms with van der Waals surface area (Å²) in [6, 6.07) is 23.6. The number of carbonyl (C=O) groups excluding carboxylic acids is 2. The summed E-state index contributed by atoms with van der Waals surface area (Å²) in [7, 11) is 1.60. The summed E-state index contributed by atoms with van der Waals surface area (Å²) in [6.07, 6.45) is 0. The molecule has 3 aromatic carbocycles.